The molecule has 0 bridgehead atoms. The first-order chi connectivity index (χ1) is 22.6. The van der Waals surface area contributed by atoms with Crippen molar-refractivity contribution in [3.63, 3.8) is 0 Å². The largest absolute Gasteiger partial charge is 0.473 e. The highest BCUT2D eigenvalue weighted by molar-refractivity contribution is 5.90. The van der Waals surface area contributed by atoms with Crippen LogP contribution in [0.5, 0.6) is 5.88 Å². The van der Waals surface area contributed by atoms with Crippen molar-refractivity contribution in [3.8, 4) is 22.8 Å². The fraction of sp³-hybridized carbons (Fsp3) is 0.270. The lowest BCUT2D eigenvalue weighted by atomic mass is 9.93. The average molecular weight is 618 g/mol. The van der Waals surface area contributed by atoms with E-state index in [4.69, 9.17) is 19.3 Å². The summed E-state index contributed by atoms with van der Waals surface area (Å²) in [6.07, 6.45) is 3.38. The summed E-state index contributed by atoms with van der Waals surface area (Å²) in [4.78, 5) is 18.0. The third-order valence-corrected chi connectivity index (χ3v) is 8.22. The molecule has 9 heteroatoms. The standard InChI is InChI=1S/C37H39N5O4/c1-26-34(29-18-19-33(38-23-29)45-25-27-12-6-3-7-13-27)41-42(31-16-10-5-11-17-31)36(26)40-37(43)39-24-30-22-32(20-21-44-2)46-35(30)28-14-8-4-9-15-28/h3-19,23,30,32,35H,20-22,24-25H2,1-2H3,(H2,39,40,43)/t30?,32?,35-/m0/s1. The molecule has 2 amide bonds. The molecule has 9 nitrogen and oxygen atoms in total. The zero-order chi connectivity index (χ0) is 31.7. The van der Waals surface area contributed by atoms with Gasteiger partial charge in [-0.15, -0.1) is 0 Å². The van der Waals surface area contributed by atoms with Crippen LogP contribution in [-0.2, 0) is 16.1 Å². The van der Waals surface area contributed by atoms with Crippen LogP contribution in [0.15, 0.2) is 109 Å². The number of aromatic nitrogens is 3. The molecule has 2 aromatic heterocycles. The van der Waals surface area contributed by atoms with Crippen LogP contribution < -0.4 is 15.4 Å². The highest BCUT2D eigenvalue weighted by Gasteiger charge is 2.36. The monoisotopic (exact) mass is 617 g/mol. The summed E-state index contributed by atoms with van der Waals surface area (Å²) in [6.45, 7) is 3.49. The predicted molar refractivity (Wildman–Crippen MR) is 178 cm³/mol. The Bertz CT molecular complexity index is 1700. The van der Waals surface area contributed by atoms with Gasteiger partial charge in [-0.2, -0.15) is 5.10 Å². The SMILES string of the molecule is COCCC1CC(CNC(=O)Nc2c(C)c(-c3ccc(OCc4ccccc4)nc3)nn2-c2ccccc2)[C@H](c2ccccc2)O1. The van der Waals surface area contributed by atoms with Crippen molar-refractivity contribution < 1.29 is 19.0 Å². The summed E-state index contributed by atoms with van der Waals surface area (Å²) in [7, 11) is 1.70. The van der Waals surface area contributed by atoms with Gasteiger partial charge in [-0.3, -0.25) is 5.32 Å². The molecule has 1 fully saturated rings. The lowest BCUT2D eigenvalue weighted by Crippen LogP contribution is -2.34. The van der Waals surface area contributed by atoms with Gasteiger partial charge in [0.2, 0.25) is 5.88 Å². The van der Waals surface area contributed by atoms with Gasteiger partial charge >= 0.3 is 6.03 Å². The predicted octanol–water partition coefficient (Wildman–Crippen LogP) is 7.13. The van der Waals surface area contributed by atoms with Crippen LogP contribution >= 0.6 is 0 Å². The lowest BCUT2D eigenvalue weighted by Gasteiger charge is -2.20. The molecule has 0 radical (unpaired) electrons. The minimum absolute atomic E-state index is 0.0769. The maximum absolute atomic E-state index is 13.4. The van der Waals surface area contributed by atoms with Crippen molar-refractivity contribution in [2.45, 2.75) is 38.6 Å². The molecule has 3 atom stereocenters. The smallest absolute Gasteiger partial charge is 0.320 e. The minimum Gasteiger partial charge on any atom is -0.473 e. The Morgan fingerprint density at radius 1 is 0.957 bits per heavy atom. The number of rotatable bonds is 12. The van der Waals surface area contributed by atoms with Gasteiger partial charge in [0.05, 0.1) is 23.6 Å². The van der Waals surface area contributed by atoms with Crippen molar-refractivity contribution >= 4 is 11.8 Å². The molecule has 1 saturated heterocycles. The first-order valence-electron chi connectivity index (χ1n) is 15.6. The molecule has 0 saturated carbocycles. The summed E-state index contributed by atoms with van der Waals surface area (Å²) < 4.78 is 19.4. The second kappa shape index (κ2) is 14.9. The number of nitrogens with one attached hydrogen (secondary N) is 2. The van der Waals surface area contributed by atoms with Gasteiger partial charge in [0.15, 0.2) is 0 Å². The number of para-hydroxylation sites is 1. The number of anilines is 1. The molecular formula is C37H39N5O4. The third-order valence-electron chi connectivity index (χ3n) is 8.22. The van der Waals surface area contributed by atoms with Crippen molar-refractivity contribution in [1.29, 1.82) is 0 Å². The molecule has 0 spiro atoms. The van der Waals surface area contributed by atoms with E-state index in [1.807, 2.05) is 97.9 Å². The highest BCUT2D eigenvalue weighted by Crippen LogP contribution is 2.39. The number of carbonyl (C=O) groups is 1. The molecule has 5 aromatic rings. The number of amides is 2. The van der Waals surface area contributed by atoms with E-state index in [1.165, 1.54) is 0 Å². The molecule has 3 heterocycles. The van der Waals surface area contributed by atoms with Gasteiger partial charge in [-0.25, -0.2) is 14.5 Å². The number of ether oxygens (including phenoxy) is 3. The normalized spacial score (nSPS) is 17.5. The third kappa shape index (κ3) is 7.44. The molecular weight excluding hydrogens is 578 g/mol. The van der Waals surface area contributed by atoms with Crippen LogP contribution in [0, 0.1) is 12.8 Å². The zero-order valence-corrected chi connectivity index (χ0v) is 26.1. The summed E-state index contributed by atoms with van der Waals surface area (Å²) in [5.41, 5.74) is 5.38. The second-order valence-electron chi connectivity index (χ2n) is 11.4. The summed E-state index contributed by atoms with van der Waals surface area (Å²) in [5.74, 6) is 1.24. The molecule has 1 aliphatic heterocycles. The van der Waals surface area contributed by atoms with E-state index in [1.54, 1.807) is 18.0 Å². The van der Waals surface area contributed by atoms with E-state index >= 15 is 0 Å². The molecule has 3 aromatic carbocycles. The number of pyridine rings is 1. The maximum Gasteiger partial charge on any atom is 0.320 e. The van der Waals surface area contributed by atoms with Crippen molar-refractivity contribution in [2.75, 3.05) is 25.6 Å². The molecule has 2 N–H and O–H groups in total. The first kappa shape index (κ1) is 31.0. The van der Waals surface area contributed by atoms with E-state index in [9.17, 15) is 4.79 Å². The van der Waals surface area contributed by atoms with Crippen LogP contribution in [-0.4, -0.2) is 47.2 Å². The average Bonchev–Trinajstić information content (AvgIpc) is 3.67. The number of urea groups is 1. The van der Waals surface area contributed by atoms with Crippen molar-refractivity contribution in [3.05, 3.63) is 126 Å². The lowest BCUT2D eigenvalue weighted by molar-refractivity contribution is 0.0173. The molecule has 6 rings (SSSR count). The summed E-state index contributed by atoms with van der Waals surface area (Å²) in [5, 5.41) is 11.1. The fourth-order valence-corrected chi connectivity index (χ4v) is 5.84. The van der Waals surface area contributed by atoms with Gasteiger partial charge in [0.1, 0.15) is 12.4 Å². The number of carbonyl (C=O) groups excluding carboxylic acids is 1. The van der Waals surface area contributed by atoms with E-state index < -0.39 is 0 Å². The van der Waals surface area contributed by atoms with Gasteiger partial charge in [-0.05, 0) is 49.1 Å². The van der Waals surface area contributed by atoms with Crippen molar-refractivity contribution in [2.24, 2.45) is 5.92 Å². The van der Waals surface area contributed by atoms with Crippen LogP contribution in [0.2, 0.25) is 0 Å². The zero-order valence-electron chi connectivity index (χ0n) is 26.1. The second-order valence-corrected chi connectivity index (χ2v) is 11.4. The van der Waals surface area contributed by atoms with Crippen LogP contribution in [0.1, 0.15) is 35.6 Å². The van der Waals surface area contributed by atoms with Gasteiger partial charge in [0, 0.05) is 49.6 Å². The minimum atomic E-state index is -0.304. The van der Waals surface area contributed by atoms with E-state index in [2.05, 4.69) is 27.8 Å². The van der Waals surface area contributed by atoms with E-state index in [-0.39, 0.29) is 24.2 Å². The Balaban J connectivity index is 1.17. The molecule has 2 unspecified atom stereocenters. The van der Waals surface area contributed by atoms with Crippen molar-refractivity contribution in [1.82, 2.24) is 20.1 Å². The first-order valence-corrected chi connectivity index (χ1v) is 15.6. The molecule has 46 heavy (non-hydrogen) atoms. The Morgan fingerprint density at radius 3 is 2.37 bits per heavy atom. The van der Waals surface area contributed by atoms with E-state index in [0.717, 1.165) is 46.5 Å². The molecule has 1 aliphatic rings. The summed E-state index contributed by atoms with van der Waals surface area (Å²) >= 11 is 0. The number of hydrogen-bond acceptors (Lipinski definition) is 6. The Labute approximate surface area is 269 Å². The van der Waals surface area contributed by atoms with Crippen LogP contribution in [0.4, 0.5) is 10.6 Å². The highest BCUT2D eigenvalue weighted by atomic mass is 16.5. The van der Waals surface area contributed by atoms with Crippen LogP contribution in [0.3, 0.4) is 0 Å². The molecule has 236 valence electrons. The van der Waals surface area contributed by atoms with Gasteiger partial charge < -0.3 is 19.5 Å². The Morgan fingerprint density at radius 2 is 1.67 bits per heavy atom. The number of methoxy groups -OCH3 is 1. The maximum atomic E-state index is 13.4. The quantitative estimate of drug-likeness (QED) is 0.155. The van der Waals surface area contributed by atoms with Crippen LogP contribution in [0.25, 0.3) is 16.9 Å². The Hall–Kier alpha value is -4.99. The number of benzene rings is 3. The topological polar surface area (TPSA) is 99.5 Å². The van der Waals surface area contributed by atoms with Gasteiger partial charge in [-0.1, -0.05) is 78.9 Å². The number of nitrogens with zero attached hydrogens (tertiary/aromatic N) is 3. The Kier molecular flexibility index (Phi) is 10.0. The van der Waals surface area contributed by atoms with Gasteiger partial charge in [0.25, 0.3) is 0 Å². The summed E-state index contributed by atoms with van der Waals surface area (Å²) in [6, 6.07) is 33.4. The number of hydrogen-bond donors (Lipinski definition) is 2. The van der Waals surface area contributed by atoms with E-state index in [0.29, 0.717) is 31.5 Å². The fourth-order valence-electron chi connectivity index (χ4n) is 5.84. The molecule has 0 aliphatic carbocycles.